The van der Waals surface area contributed by atoms with E-state index in [1.54, 1.807) is 13.1 Å². The lowest BCUT2D eigenvalue weighted by Crippen LogP contribution is -2.46. The van der Waals surface area contributed by atoms with Crippen LogP contribution in [-0.4, -0.2) is 33.9 Å². The summed E-state index contributed by atoms with van der Waals surface area (Å²) in [7, 11) is 0. The normalized spacial score (nSPS) is 26.9. The number of hydrogen-bond donors (Lipinski definition) is 2. The van der Waals surface area contributed by atoms with Crippen LogP contribution >= 0.6 is 0 Å². The molecule has 0 spiro atoms. The Balaban J connectivity index is 2.19. The van der Waals surface area contributed by atoms with E-state index in [2.05, 4.69) is 9.88 Å². The summed E-state index contributed by atoms with van der Waals surface area (Å²) in [5.74, 6) is 0.836. The molecule has 0 aromatic carbocycles. The van der Waals surface area contributed by atoms with Crippen molar-refractivity contribution in [3.8, 4) is 0 Å². The number of rotatable bonds is 2. The first-order valence-electron chi connectivity index (χ1n) is 6.09. The number of β-amino-alcohol motifs (C(OH)–C–C–N with tert-alkyl or cyclic N) is 1. The number of hydrogen-bond acceptors (Lipinski definition) is 4. The van der Waals surface area contributed by atoms with E-state index in [-0.39, 0.29) is 0 Å². The van der Waals surface area contributed by atoms with Gasteiger partial charge in [0.1, 0.15) is 5.82 Å². The van der Waals surface area contributed by atoms with Gasteiger partial charge in [-0.05, 0) is 44.4 Å². The first-order valence-corrected chi connectivity index (χ1v) is 6.09. The second kappa shape index (κ2) is 4.63. The second-order valence-corrected chi connectivity index (χ2v) is 5.15. The van der Waals surface area contributed by atoms with Crippen molar-refractivity contribution in [2.45, 2.75) is 38.4 Å². The van der Waals surface area contributed by atoms with Crippen LogP contribution in [0, 0.1) is 0 Å². The van der Waals surface area contributed by atoms with Crippen molar-refractivity contribution in [2.75, 3.05) is 18.0 Å². The van der Waals surface area contributed by atoms with Crippen molar-refractivity contribution in [1.82, 2.24) is 4.98 Å². The first kappa shape index (κ1) is 12.3. The zero-order valence-corrected chi connectivity index (χ0v) is 10.4. The van der Waals surface area contributed by atoms with Crippen LogP contribution in [-0.2, 0) is 0 Å². The Morgan fingerprint density at radius 3 is 2.94 bits per heavy atom. The van der Waals surface area contributed by atoms with Gasteiger partial charge in [0.2, 0.25) is 0 Å². The summed E-state index contributed by atoms with van der Waals surface area (Å²) in [5.41, 5.74) is 0.223. The number of aliphatic hydroxyl groups excluding tert-OH is 1. The molecule has 2 unspecified atom stereocenters. The van der Waals surface area contributed by atoms with E-state index < -0.39 is 11.7 Å². The predicted octanol–water partition coefficient (Wildman–Crippen LogP) is 1.49. The van der Waals surface area contributed by atoms with E-state index in [4.69, 9.17) is 0 Å². The van der Waals surface area contributed by atoms with Gasteiger partial charge in [-0.15, -0.1) is 0 Å². The third kappa shape index (κ3) is 2.96. The zero-order valence-electron chi connectivity index (χ0n) is 10.4. The number of piperidine rings is 1. The average Bonchev–Trinajstić information content (AvgIpc) is 2.28. The van der Waals surface area contributed by atoms with Crippen LogP contribution in [0.15, 0.2) is 18.3 Å². The van der Waals surface area contributed by atoms with Gasteiger partial charge in [-0.1, -0.05) is 0 Å². The lowest BCUT2D eigenvalue weighted by Gasteiger charge is -2.37. The summed E-state index contributed by atoms with van der Waals surface area (Å²) in [6.07, 6.45) is 3.02. The molecule has 2 heterocycles. The molecule has 1 aliphatic heterocycles. The van der Waals surface area contributed by atoms with E-state index in [0.29, 0.717) is 6.54 Å². The van der Waals surface area contributed by atoms with Gasteiger partial charge in [0, 0.05) is 19.3 Å². The van der Waals surface area contributed by atoms with Crippen LogP contribution in [0.5, 0.6) is 0 Å². The number of aliphatic hydroxyl groups is 2. The molecule has 1 fully saturated rings. The Hall–Kier alpha value is -1.13. The molecule has 94 valence electrons. The standard InChI is InChI=1S/C13H20N2O2/c1-10(16)11-4-6-14-12(8-11)15-7-3-5-13(2,17)9-15/h4,6,8,10,16-17H,3,5,7,9H2,1-2H3. The van der Waals surface area contributed by atoms with Crippen molar-refractivity contribution in [1.29, 1.82) is 0 Å². The quantitative estimate of drug-likeness (QED) is 0.816. The van der Waals surface area contributed by atoms with E-state index in [1.807, 2.05) is 19.1 Å². The summed E-state index contributed by atoms with van der Waals surface area (Å²) < 4.78 is 0. The molecule has 1 aliphatic rings. The highest BCUT2D eigenvalue weighted by Crippen LogP contribution is 2.25. The van der Waals surface area contributed by atoms with Gasteiger partial charge >= 0.3 is 0 Å². The van der Waals surface area contributed by atoms with Crippen LogP contribution in [0.3, 0.4) is 0 Å². The molecular weight excluding hydrogens is 216 g/mol. The molecule has 1 saturated heterocycles. The highest BCUT2D eigenvalue weighted by Gasteiger charge is 2.29. The van der Waals surface area contributed by atoms with Crippen molar-refractivity contribution in [3.63, 3.8) is 0 Å². The van der Waals surface area contributed by atoms with Gasteiger partial charge in [-0.2, -0.15) is 0 Å². The molecule has 2 rings (SSSR count). The molecule has 0 radical (unpaired) electrons. The summed E-state index contributed by atoms with van der Waals surface area (Å²) in [4.78, 5) is 6.39. The molecule has 0 aliphatic carbocycles. The van der Waals surface area contributed by atoms with Gasteiger partial charge in [-0.25, -0.2) is 4.98 Å². The first-order chi connectivity index (χ1) is 7.98. The van der Waals surface area contributed by atoms with Gasteiger partial charge < -0.3 is 15.1 Å². The fourth-order valence-corrected chi connectivity index (χ4v) is 2.28. The Labute approximate surface area is 102 Å². The smallest absolute Gasteiger partial charge is 0.128 e. The predicted molar refractivity (Wildman–Crippen MR) is 66.9 cm³/mol. The van der Waals surface area contributed by atoms with Crippen molar-refractivity contribution >= 4 is 5.82 Å². The van der Waals surface area contributed by atoms with Crippen molar-refractivity contribution < 1.29 is 10.2 Å². The topological polar surface area (TPSA) is 56.6 Å². The Bertz CT molecular complexity index is 391. The lowest BCUT2D eigenvalue weighted by molar-refractivity contribution is 0.0447. The van der Waals surface area contributed by atoms with Gasteiger partial charge in [0.15, 0.2) is 0 Å². The summed E-state index contributed by atoms with van der Waals surface area (Å²) in [5, 5.41) is 19.6. The Morgan fingerprint density at radius 2 is 2.29 bits per heavy atom. The summed E-state index contributed by atoms with van der Waals surface area (Å²) >= 11 is 0. The fourth-order valence-electron chi connectivity index (χ4n) is 2.28. The maximum Gasteiger partial charge on any atom is 0.128 e. The largest absolute Gasteiger partial charge is 0.389 e. The van der Waals surface area contributed by atoms with E-state index in [9.17, 15) is 10.2 Å². The SMILES string of the molecule is CC(O)c1ccnc(N2CCCC(C)(O)C2)c1. The molecule has 2 atom stereocenters. The van der Waals surface area contributed by atoms with Gasteiger partial charge in [0.05, 0.1) is 11.7 Å². The monoisotopic (exact) mass is 236 g/mol. The third-order valence-electron chi connectivity index (χ3n) is 3.25. The lowest BCUT2D eigenvalue weighted by atomic mass is 9.95. The number of anilines is 1. The molecular formula is C13H20N2O2. The van der Waals surface area contributed by atoms with Gasteiger partial charge in [0.25, 0.3) is 0 Å². The Morgan fingerprint density at radius 1 is 1.53 bits per heavy atom. The zero-order chi connectivity index (χ0) is 12.5. The van der Waals surface area contributed by atoms with Crippen molar-refractivity contribution in [2.24, 2.45) is 0 Å². The van der Waals surface area contributed by atoms with Gasteiger partial charge in [-0.3, -0.25) is 0 Å². The molecule has 2 N–H and O–H groups in total. The molecule has 0 saturated carbocycles. The molecule has 0 bridgehead atoms. The van der Waals surface area contributed by atoms with E-state index in [1.165, 1.54) is 0 Å². The van der Waals surface area contributed by atoms with Crippen molar-refractivity contribution in [3.05, 3.63) is 23.9 Å². The van der Waals surface area contributed by atoms with Crippen LogP contribution in [0.4, 0.5) is 5.82 Å². The summed E-state index contributed by atoms with van der Waals surface area (Å²) in [6, 6.07) is 3.71. The highest BCUT2D eigenvalue weighted by atomic mass is 16.3. The van der Waals surface area contributed by atoms with Crippen LogP contribution in [0.2, 0.25) is 0 Å². The fraction of sp³-hybridized carbons (Fsp3) is 0.615. The second-order valence-electron chi connectivity index (χ2n) is 5.15. The molecule has 17 heavy (non-hydrogen) atoms. The minimum Gasteiger partial charge on any atom is -0.389 e. The molecule has 0 amide bonds. The van der Waals surface area contributed by atoms with Crippen LogP contribution in [0.1, 0.15) is 38.4 Å². The highest BCUT2D eigenvalue weighted by molar-refractivity contribution is 5.42. The molecule has 4 nitrogen and oxygen atoms in total. The minimum atomic E-state index is -0.638. The maximum absolute atomic E-state index is 10.1. The van der Waals surface area contributed by atoms with E-state index in [0.717, 1.165) is 30.8 Å². The minimum absolute atomic E-state index is 0.484. The van der Waals surface area contributed by atoms with Crippen LogP contribution < -0.4 is 4.90 Å². The molecule has 1 aromatic heterocycles. The number of nitrogens with zero attached hydrogens (tertiary/aromatic N) is 2. The molecule has 1 aromatic rings. The summed E-state index contributed by atoms with van der Waals surface area (Å²) in [6.45, 7) is 5.11. The third-order valence-corrected chi connectivity index (χ3v) is 3.25. The number of aromatic nitrogens is 1. The van der Waals surface area contributed by atoms with E-state index >= 15 is 0 Å². The number of pyridine rings is 1. The maximum atomic E-state index is 10.1. The Kier molecular flexibility index (Phi) is 3.35. The van der Waals surface area contributed by atoms with Crippen LogP contribution in [0.25, 0.3) is 0 Å². The average molecular weight is 236 g/mol. The molecule has 4 heteroatoms.